The summed E-state index contributed by atoms with van der Waals surface area (Å²) in [5, 5.41) is 84.6. The molecule has 2 aliphatic rings. The first kappa shape index (κ1) is 87.3. The Morgan fingerprint density at radius 1 is 0.440 bits per heavy atom. The number of nitrogens with zero attached hydrogens (tertiary/aromatic N) is 4. The number of ether oxygens (including phenoxy) is 1. The topological polar surface area (TPSA) is 491 Å². The molecule has 0 spiro atoms. The van der Waals surface area contributed by atoms with Crippen molar-refractivity contribution in [1.82, 2.24) is 67.5 Å². The van der Waals surface area contributed by atoms with Crippen LogP contribution >= 0.6 is 0 Å². The van der Waals surface area contributed by atoms with E-state index in [0.29, 0.717) is 57.1 Å². The first-order valence-electron chi connectivity index (χ1n) is 37.0. The average molecular weight is 1520 g/mol. The monoisotopic (exact) mass is 1520 g/mol. The number of aliphatic carboxylic acids is 6. The molecule has 0 unspecified atom stereocenters. The van der Waals surface area contributed by atoms with Gasteiger partial charge in [-0.15, -0.1) is 0 Å². The number of hydrogen-bond acceptors (Lipinski definition) is 19. The third-order valence-electron chi connectivity index (χ3n) is 19.2. The third-order valence-corrected chi connectivity index (χ3v) is 19.2. The minimum atomic E-state index is -1.46. The van der Waals surface area contributed by atoms with Crippen molar-refractivity contribution < 1.29 is 102 Å². The lowest BCUT2D eigenvalue weighted by molar-refractivity contribution is -0.141. The summed E-state index contributed by atoms with van der Waals surface area (Å²) in [6.45, 7) is 0.127. The number of urea groups is 1. The first-order valence-corrected chi connectivity index (χ1v) is 37.0. The number of benzene rings is 4. The number of fused-ring (bicyclic) bond motifs is 2. The van der Waals surface area contributed by atoms with Gasteiger partial charge in [-0.1, -0.05) is 60.7 Å². The Labute approximate surface area is 631 Å². The molecule has 0 radical (unpaired) electrons. The zero-order valence-corrected chi connectivity index (χ0v) is 61.6. The number of aryl methyl sites for hydroxylation is 1. The van der Waals surface area contributed by atoms with Gasteiger partial charge in [0.2, 0.25) is 41.4 Å². The highest BCUT2D eigenvalue weighted by Gasteiger charge is 2.32. The minimum absolute atomic E-state index is 0.0442. The molecule has 109 heavy (non-hydrogen) atoms. The van der Waals surface area contributed by atoms with Crippen LogP contribution in [0.4, 0.5) is 4.79 Å². The van der Waals surface area contributed by atoms with Gasteiger partial charge in [0.1, 0.15) is 29.9 Å². The maximum atomic E-state index is 14.3. The van der Waals surface area contributed by atoms with Crippen LogP contribution in [-0.4, -0.2) is 276 Å². The van der Waals surface area contributed by atoms with E-state index in [1.54, 1.807) is 26.7 Å². The Bertz CT molecular complexity index is 3660. The van der Waals surface area contributed by atoms with Crippen LogP contribution in [-0.2, 0) is 75.2 Å². The number of carboxylic acids is 6. The molecule has 1 aliphatic carbocycles. The fourth-order valence-electron chi connectivity index (χ4n) is 13.2. The highest BCUT2D eigenvalue weighted by Crippen LogP contribution is 2.32. The van der Waals surface area contributed by atoms with Crippen LogP contribution < -0.4 is 52.6 Å². The van der Waals surface area contributed by atoms with Crippen LogP contribution in [0.25, 0.3) is 21.5 Å². The van der Waals surface area contributed by atoms with Crippen LogP contribution in [0, 0.1) is 11.8 Å². The number of carboxylic acid groups (broad SMARTS) is 6. The molecule has 15 N–H and O–H groups in total. The van der Waals surface area contributed by atoms with E-state index < -0.39 is 109 Å². The van der Waals surface area contributed by atoms with Gasteiger partial charge in [-0.2, -0.15) is 0 Å². The number of carbonyl (C=O) groups is 14. The standard InChI is InChI=1S/C75H105N13O21/c1-109-54-28-24-49(25-29-54)12-10-20-62(89)79-44-64(91)81-58(17-6-8-30-76-65(92)45-85-32-34-86(46-67(95)96)36-38-88(48-69(99)100)39-37-87(35-33-85)47-68(97)98)71(102)80-43-63(90)78-42-50-22-26-51(27-23-50)70(101)82-61(41-57-55-15-4-2-13-52(55)40-53-14-3-5-16-56(53)57)72(103)77-31-9-7-18-59(73(104)105)83-75(108)84-60(74(106)107)19-11-21-66(93)94/h2-5,13-16,24-25,28-29,40,50-51,58-61H,6-12,17-23,26-27,30-39,41-48H2,1H3,(H,76,92)(H,77,103)(H,78,90)(H,79,89)(H,80,102)(H,81,91)(H,82,101)(H,93,94)(H,95,96)(H,97,98)(H,99,100)(H,104,105)(H,106,107)(H2,83,84,108)/t50?,51?,58-,59-,60-,61-/m0/s1. The molecule has 0 aromatic heterocycles. The number of amides is 9. The largest absolute Gasteiger partial charge is 0.497 e. The van der Waals surface area contributed by atoms with E-state index >= 15 is 0 Å². The van der Waals surface area contributed by atoms with Crippen molar-refractivity contribution >= 4 is 105 Å². The second-order valence-corrected chi connectivity index (χ2v) is 27.5. The molecule has 34 heteroatoms. The number of rotatable bonds is 44. The molecule has 4 aromatic rings. The van der Waals surface area contributed by atoms with Gasteiger partial charge in [0.25, 0.3) is 0 Å². The normalized spacial score (nSPS) is 16.6. The van der Waals surface area contributed by atoms with Crippen molar-refractivity contribution in [2.45, 2.75) is 133 Å². The maximum Gasteiger partial charge on any atom is 0.326 e. The summed E-state index contributed by atoms with van der Waals surface area (Å²) in [6, 6.07) is 18.7. The van der Waals surface area contributed by atoms with E-state index in [9.17, 15) is 92.7 Å². The van der Waals surface area contributed by atoms with Crippen molar-refractivity contribution in [1.29, 1.82) is 0 Å². The summed E-state index contributed by atoms with van der Waals surface area (Å²) in [5.74, 6) is -10.6. The second kappa shape index (κ2) is 46.6. The molecule has 1 saturated carbocycles. The van der Waals surface area contributed by atoms with E-state index in [2.05, 4.69) is 47.9 Å². The minimum Gasteiger partial charge on any atom is -0.497 e. The number of nitrogens with one attached hydrogen (secondary N) is 9. The summed E-state index contributed by atoms with van der Waals surface area (Å²) >= 11 is 0. The zero-order valence-electron chi connectivity index (χ0n) is 61.6. The van der Waals surface area contributed by atoms with E-state index in [-0.39, 0.29) is 180 Å². The van der Waals surface area contributed by atoms with Gasteiger partial charge in [-0.05, 0) is 147 Å². The van der Waals surface area contributed by atoms with Crippen molar-refractivity contribution in [3.05, 3.63) is 90.0 Å². The molecule has 6 rings (SSSR count). The Kier molecular flexibility index (Phi) is 37.3. The first-order chi connectivity index (χ1) is 52.2. The Morgan fingerprint density at radius 2 is 0.927 bits per heavy atom. The Balaban J connectivity index is 1.01. The lowest BCUT2D eigenvalue weighted by atomic mass is 9.81. The van der Waals surface area contributed by atoms with E-state index in [1.165, 1.54) is 0 Å². The van der Waals surface area contributed by atoms with Crippen LogP contribution in [0.15, 0.2) is 78.9 Å². The lowest BCUT2D eigenvalue weighted by Gasteiger charge is -2.32. The predicted molar refractivity (Wildman–Crippen MR) is 398 cm³/mol. The number of carbonyl (C=O) groups excluding carboxylic acids is 8. The maximum absolute atomic E-state index is 14.3. The number of unbranched alkanes of at least 4 members (excludes halogenated alkanes) is 2. The lowest BCUT2D eigenvalue weighted by Crippen LogP contribution is -2.51. The van der Waals surface area contributed by atoms with Crippen molar-refractivity contribution in [3.8, 4) is 5.75 Å². The summed E-state index contributed by atoms with van der Waals surface area (Å²) < 4.78 is 5.21. The molecular weight excluding hydrogens is 1420 g/mol. The molecule has 4 atom stereocenters. The van der Waals surface area contributed by atoms with Gasteiger partial charge in [-0.3, -0.25) is 72.3 Å². The molecular formula is C75H105N13O21. The number of methoxy groups -OCH3 is 1. The Morgan fingerprint density at radius 3 is 1.44 bits per heavy atom. The van der Waals surface area contributed by atoms with E-state index in [4.69, 9.17) is 9.84 Å². The van der Waals surface area contributed by atoms with Gasteiger partial charge in [0.15, 0.2) is 0 Å². The van der Waals surface area contributed by atoms with Crippen molar-refractivity contribution in [2.75, 3.05) is 118 Å². The van der Waals surface area contributed by atoms with Gasteiger partial charge in [0.05, 0.1) is 46.4 Å². The molecule has 2 fully saturated rings. The SMILES string of the molecule is COc1ccc(CCCC(=O)NCC(=O)N[C@@H](CCCCNC(=O)CN2CCN(CC(=O)O)CCN(CC(=O)O)CCN(CC(=O)O)CC2)C(=O)NCC(=O)NCC2CCC(C(=O)N[C@@H](Cc3c4ccccc4cc4ccccc34)C(=O)NCCCC[C@H](NC(=O)N[C@@H](CCCC(=O)O)C(=O)O)C(=O)O)CC2)cc1. The van der Waals surface area contributed by atoms with E-state index in [1.807, 2.05) is 78.9 Å². The summed E-state index contributed by atoms with van der Waals surface area (Å²) in [6.07, 6.45) is 3.69. The molecule has 0 bridgehead atoms. The summed E-state index contributed by atoms with van der Waals surface area (Å²) in [5.41, 5.74) is 1.82. The smallest absolute Gasteiger partial charge is 0.326 e. The van der Waals surface area contributed by atoms with Gasteiger partial charge in [-0.25, -0.2) is 14.4 Å². The fourth-order valence-corrected chi connectivity index (χ4v) is 13.2. The second-order valence-electron chi connectivity index (χ2n) is 27.5. The third kappa shape index (κ3) is 32.8. The molecule has 9 amide bonds. The summed E-state index contributed by atoms with van der Waals surface area (Å²) in [7, 11) is 1.56. The van der Waals surface area contributed by atoms with Crippen LogP contribution in [0.5, 0.6) is 5.75 Å². The van der Waals surface area contributed by atoms with Crippen LogP contribution in [0.3, 0.4) is 0 Å². The van der Waals surface area contributed by atoms with Gasteiger partial charge >= 0.3 is 41.8 Å². The van der Waals surface area contributed by atoms with Crippen molar-refractivity contribution in [3.63, 3.8) is 0 Å². The molecule has 1 heterocycles. The quantitative estimate of drug-likeness (QED) is 0.0218. The van der Waals surface area contributed by atoms with Gasteiger partial charge < -0.3 is 83.2 Å². The fraction of sp³-hybridized carbons (Fsp3) is 0.547. The molecule has 596 valence electrons. The van der Waals surface area contributed by atoms with Crippen molar-refractivity contribution in [2.24, 2.45) is 11.8 Å². The highest BCUT2D eigenvalue weighted by molar-refractivity contribution is 6.03. The van der Waals surface area contributed by atoms with Crippen LogP contribution in [0.2, 0.25) is 0 Å². The number of hydrogen-bond donors (Lipinski definition) is 15. The Hall–Kier alpha value is -10.6. The molecule has 34 nitrogen and oxygen atoms in total. The predicted octanol–water partition coefficient (Wildman–Crippen LogP) is 1.20. The average Bonchev–Trinajstić information content (AvgIpc) is 0.772. The van der Waals surface area contributed by atoms with Gasteiger partial charge in [0, 0.05) is 97.2 Å². The van der Waals surface area contributed by atoms with Crippen LogP contribution in [0.1, 0.15) is 107 Å². The molecule has 1 aliphatic heterocycles. The van der Waals surface area contributed by atoms with E-state index in [0.717, 1.165) is 32.7 Å². The summed E-state index contributed by atoms with van der Waals surface area (Å²) in [4.78, 5) is 185. The molecule has 4 aromatic carbocycles. The molecule has 1 saturated heterocycles. The highest BCUT2D eigenvalue weighted by atomic mass is 16.5. The zero-order chi connectivity index (χ0) is 79.2.